The summed E-state index contributed by atoms with van der Waals surface area (Å²) in [6, 6.07) is 0. The van der Waals surface area contributed by atoms with Gasteiger partial charge < -0.3 is 15.1 Å². The third-order valence-electron chi connectivity index (χ3n) is 3.94. The Morgan fingerprint density at radius 3 is 2.83 bits per heavy atom. The molecule has 1 fully saturated rings. The minimum atomic E-state index is -0.00549. The largest absolute Gasteiger partial charge is 0.384 e. The summed E-state index contributed by atoms with van der Waals surface area (Å²) in [5.74, 6) is 0.252. The Bertz CT molecular complexity index is 564. The lowest BCUT2D eigenvalue weighted by molar-refractivity contribution is -0.127. The van der Waals surface area contributed by atoms with Crippen LogP contribution in [0.5, 0.6) is 0 Å². The van der Waals surface area contributed by atoms with E-state index in [0.717, 1.165) is 49.1 Å². The fraction of sp³-hybridized carbons (Fsp3) is 0.529. The van der Waals surface area contributed by atoms with Crippen LogP contribution in [0.1, 0.15) is 25.7 Å². The van der Waals surface area contributed by atoms with Gasteiger partial charge in [0.05, 0.1) is 5.57 Å². The average molecular weight is 382 g/mol. The molecule has 6 heteroatoms. The molecule has 1 aliphatic heterocycles. The van der Waals surface area contributed by atoms with E-state index in [1.807, 2.05) is 23.1 Å². The number of nitrogens with one attached hydrogen (secondary N) is 1. The molecule has 0 aromatic heterocycles. The van der Waals surface area contributed by atoms with E-state index in [2.05, 4.69) is 21.2 Å². The zero-order chi connectivity index (χ0) is 16.8. The first kappa shape index (κ1) is 17.8. The van der Waals surface area contributed by atoms with Gasteiger partial charge in [0.15, 0.2) is 0 Å². The van der Waals surface area contributed by atoms with Gasteiger partial charge in [-0.05, 0) is 25.3 Å². The van der Waals surface area contributed by atoms with Gasteiger partial charge in [0.2, 0.25) is 5.91 Å². The van der Waals surface area contributed by atoms with Gasteiger partial charge in [-0.1, -0.05) is 28.1 Å². The zero-order valence-electron chi connectivity index (χ0n) is 13.8. The number of halogens is 1. The molecule has 0 saturated carbocycles. The van der Waals surface area contributed by atoms with Crippen molar-refractivity contribution in [2.75, 3.05) is 33.7 Å². The minimum absolute atomic E-state index is 0.00549. The van der Waals surface area contributed by atoms with Gasteiger partial charge in [-0.3, -0.25) is 9.59 Å². The molecule has 2 aliphatic rings. The Morgan fingerprint density at radius 2 is 2.17 bits per heavy atom. The second kappa shape index (κ2) is 8.34. The summed E-state index contributed by atoms with van der Waals surface area (Å²) in [4.78, 5) is 27.4. The first-order valence-corrected chi connectivity index (χ1v) is 8.79. The van der Waals surface area contributed by atoms with Gasteiger partial charge in [-0.15, -0.1) is 0 Å². The van der Waals surface area contributed by atoms with Crippen molar-refractivity contribution in [2.24, 2.45) is 0 Å². The summed E-state index contributed by atoms with van der Waals surface area (Å²) in [7, 11) is 3.51. The molecule has 0 aromatic carbocycles. The lowest BCUT2D eigenvalue weighted by atomic mass is 10.1. The summed E-state index contributed by atoms with van der Waals surface area (Å²) in [6.45, 7) is 2.38. The highest BCUT2D eigenvalue weighted by molar-refractivity contribution is 9.11. The van der Waals surface area contributed by atoms with Crippen LogP contribution in [0, 0.1) is 0 Å². The molecule has 2 rings (SSSR count). The van der Waals surface area contributed by atoms with Crippen molar-refractivity contribution < 1.29 is 9.59 Å². The van der Waals surface area contributed by atoms with Gasteiger partial charge in [0, 0.05) is 50.3 Å². The quantitative estimate of drug-likeness (QED) is 0.717. The summed E-state index contributed by atoms with van der Waals surface area (Å²) in [5, 5.41) is 3.35. The number of hydrogen-bond acceptors (Lipinski definition) is 3. The van der Waals surface area contributed by atoms with E-state index in [-0.39, 0.29) is 11.8 Å². The van der Waals surface area contributed by atoms with Crippen molar-refractivity contribution in [1.82, 2.24) is 15.1 Å². The van der Waals surface area contributed by atoms with E-state index in [1.165, 1.54) is 0 Å². The number of rotatable bonds is 6. The molecule has 1 N–H and O–H groups in total. The van der Waals surface area contributed by atoms with Gasteiger partial charge in [-0.25, -0.2) is 0 Å². The van der Waals surface area contributed by atoms with Crippen LogP contribution >= 0.6 is 15.9 Å². The monoisotopic (exact) mass is 381 g/mol. The van der Waals surface area contributed by atoms with Crippen LogP contribution in [0.4, 0.5) is 0 Å². The van der Waals surface area contributed by atoms with E-state index < -0.39 is 0 Å². The van der Waals surface area contributed by atoms with Crippen LogP contribution in [0.2, 0.25) is 0 Å². The first-order valence-electron chi connectivity index (χ1n) is 8.00. The Kier molecular flexibility index (Phi) is 6.45. The van der Waals surface area contributed by atoms with Gasteiger partial charge in [0.1, 0.15) is 0 Å². The van der Waals surface area contributed by atoms with Gasteiger partial charge >= 0.3 is 0 Å². The predicted molar refractivity (Wildman–Crippen MR) is 94.9 cm³/mol. The van der Waals surface area contributed by atoms with E-state index >= 15 is 0 Å². The summed E-state index contributed by atoms with van der Waals surface area (Å²) in [6.07, 6.45) is 9.16. The van der Waals surface area contributed by atoms with Gasteiger partial charge in [-0.2, -0.15) is 0 Å². The highest BCUT2D eigenvalue weighted by atomic mass is 79.9. The Hall–Kier alpha value is -1.56. The molecule has 0 bridgehead atoms. The third kappa shape index (κ3) is 4.96. The molecule has 1 heterocycles. The van der Waals surface area contributed by atoms with Crippen LogP contribution < -0.4 is 5.32 Å². The van der Waals surface area contributed by atoms with Gasteiger partial charge in [0.25, 0.3) is 5.91 Å². The number of likely N-dealkylation sites (N-methyl/N-ethyl adjacent to an activating group) is 1. The van der Waals surface area contributed by atoms with Crippen molar-refractivity contribution in [3.05, 3.63) is 34.0 Å². The fourth-order valence-electron chi connectivity index (χ4n) is 2.70. The predicted octanol–water partition coefficient (Wildman–Crippen LogP) is 2.17. The molecular formula is C17H24BrN3O2. The second-order valence-electron chi connectivity index (χ2n) is 5.96. The number of carbonyl (C=O) groups excluding carboxylic acids is 2. The summed E-state index contributed by atoms with van der Waals surface area (Å²) >= 11 is 3.50. The number of likely N-dealkylation sites (tertiary alicyclic amines) is 1. The highest BCUT2D eigenvalue weighted by Gasteiger charge is 2.20. The standard InChI is InChI=1S/C17H24BrN3O2/c1-20(2)17(23)14-7-3-6-13(18)12-15(14)19-9-5-11-21-10-4-8-16(21)22/h6-7,12,19H,3-5,8-11H2,1-2H3. The molecular weight excluding hydrogens is 358 g/mol. The highest BCUT2D eigenvalue weighted by Crippen LogP contribution is 2.21. The lowest BCUT2D eigenvalue weighted by Gasteiger charge is -2.19. The topological polar surface area (TPSA) is 52.7 Å². The maximum atomic E-state index is 12.3. The Labute approximate surface area is 146 Å². The first-order chi connectivity index (χ1) is 11.0. The Morgan fingerprint density at radius 1 is 1.39 bits per heavy atom. The van der Waals surface area contributed by atoms with Crippen molar-refractivity contribution >= 4 is 27.7 Å². The Balaban J connectivity index is 1.92. The molecule has 5 nitrogen and oxygen atoms in total. The third-order valence-corrected chi connectivity index (χ3v) is 4.49. The van der Waals surface area contributed by atoms with Crippen LogP contribution in [0.15, 0.2) is 34.0 Å². The summed E-state index contributed by atoms with van der Waals surface area (Å²) in [5.41, 5.74) is 1.52. The van der Waals surface area contributed by atoms with Crippen LogP contribution in [0.25, 0.3) is 0 Å². The average Bonchev–Trinajstić information content (AvgIpc) is 2.81. The molecule has 126 valence electrons. The van der Waals surface area contributed by atoms with Crippen LogP contribution in [-0.2, 0) is 9.59 Å². The fourth-order valence-corrected chi connectivity index (χ4v) is 3.11. The molecule has 0 unspecified atom stereocenters. The summed E-state index contributed by atoms with van der Waals surface area (Å²) < 4.78 is 0.965. The van der Waals surface area contributed by atoms with Crippen LogP contribution in [-0.4, -0.2) is 55.3 Å². The van der Waals surface area contributed by atoms with E-state index in [0.29, 0.717) is 12.0 Å². The zero-order valence-corrected chi connectivity index (χ0v) is 15.4. The van der Waals surface area contributed by atoms with E-state index in [4.69, 9.17) is 0 Å². The molecule has 1 saturated heterocycles. The number of allylic oxidation sites excluding steroid dienone is 4. The SMILES string of the molecule is CN(C)C(=O)C1=CCC=C(Br)C=C1NCCCN1CCCC1=O. The number of nitrogens with zero attached hydrogens (tertiary/aromatic N) is 2. The molecule has 0 spiro atoms. The van der Waals surface area contributed by atoms with Crippen molar-refractivity contribution in [3.8, 4) is 0 Å². The van der Waals surface area contributed by atoms with E-state index in [1.54, 1.807) is 19.0 Å². The molecule has 23 heavy (non-hydrogen) atoms. The number of hydrogen-bond donors (Lipinski definition) is 1. The second-order valence-corrected chi connectivity index (χ2v) is 6.88. The van der Waals surface area contributed by atoms with Crippen molar-refractivity contribution in [3.63, 3.8) is 0 Å². The molecule has 0 atom stereocenters. The van der Waals surface area contributed by atoms with Crippen molar-refractivity contribution in [2.45, 2.75) is 25.7 Å². The maximum absolute atomic E-state index is 12.3. The van der Waals surface area contributed by atoms with Crippen LogP contribution in [0.3, 0.4) is 0 Å². The maximum Gasteiger partial charge on any atom is 0.255 e. The minimum Gasteiger partial charge on any atom is -0.384 e. The smallest absolute Gasteiger partial charge is 0.255 e. The molecule has 0 radical (unpaired) electrons. The molecule has 0 aromatic rings. The molecule has 1 aliphatic carbocycles. The molecule has 2 amide bonds. The number of carbonyl (C=O) groups is 2. The normalized spacial score (nSPS) is 18.1. The lowest BCUT2D eigenvalue weighted by Crippen LogP contribution is -2.31. The van der Waals surface area contributed by atoms with Crippen molar-refractivity contribution in [1.29, 1.82) is 0 Å². The number of amides is 2. The van der Waals surface area contributed by atoms with E-state index in [9.17, 15) is 9.59 Å².